The molecule has 1 aromatic heterocycles. The second-order valence-corrected chi connectivity index (χ2v) is 3.80. The van der Waals surface area contributed by atoms with Gasteiger partial charge >= 0.3 is 0 Å². The van der Waals surface area contributed by atoms with Crippen molar-refractivity contribution in [2.45, 2.75) is 12.2 Å². The van der Waals surface area contributed by atoms with E-state index < -0.39 is 0 Å². The van der Waals surface area contributed by atoms with E-state index in [-0.39, 0.29) is 5.25 Å². The third-order valence-electron chi connectivity index (χ3n) is 1.08. The van der Waals surface area contributed by atoms with Crippen LogP contribution in [0.5, 0.6) is 0 Å². The van der Waals surface area contributed by atoms with Crippen molar-refractivity contribution in [3.8, 4) is 5.40 Å². The van der Waals surface area contributed by atoms with Crippen LogP contribution in [0.3, 0.4) is 0 Å². The predicted molar refractivity (Wildman–Crippen MR) is 43.7 cm³/mol. The van der Waals surface area contributed by atoms with E-state index in [0.29, 0.717) is 0 Å². The van der Waals surface area contributed by atoms with Gasteiger partial charge in [-0.3, -0.25) is 4.98 Å². The Morgan fingerprint density at radius 1 is 1.90 bits per heavy atom. The van der Waals surface area contributed by atoms with Crippen LogP contribution in [0.2, 0.25) is 0 Å². The lowest BCUT2D eigenvalue weighted by molar-refractivity contribution is 1.13. The fourth-order valence-electron chi connectivity index (χ4n) is 0.564. The van der Waals surface area contributed by atoms with Gasteiger partial charge < -0.3 is 0 Å². The highest BCUT2D eigenvalue weighted by molar-refractivity contribution is 8.04. The summed E-state index contributed by atoms with van der Waals surface area (Å²) in [5, 5.41) is 10.6. The molecule has 2 nitrogen and oxygen atoms in total. The van der Waals surface area contributed by atoms with Gasteiger partial charge in [-0.15, -0.1) is 11.3 Å². The second-order valence-electron chi connectivity index (χ2n) is 1.76. The number of aromatic nitrogens is 1. The molecule has 0 radical (unpaired) electrons. The Morgan fingerprint density at radius 2 is 2.70 bits per heavy atom. The Labute approximate surface area is 67.9 Å². The second kappa shape index (κ2) is 3.59. The number of thiocyanates is 1. The maximum absolute atomic E-state index is 8.33. The zero-order valence-electron chi connectivity index (χ0n) is 5.44. The monoisotopic (exact) mass is 170 g/mol. The van der Waals surface area contributed by atoms with Crippen molar-refractivity contribution in [1.29, 1.82) is 5.26 Å². The van der Waals surface area contributed by atoms with Crippen molar-refractivity contribution >= 4 is 23.1 Å². The van der Waals surface area contributed by atoms with Crippen LogP contribution >= 0.6 is 23.1 Å². The van der Waals surface area contributed by atoms with Crippen LogP contribution in [0.4, 0.5) is 0 Å². The Hall–Kier alpha value is -0.530. The van der Waals surface area contributed by atoms with Crippen molar-refractivity contribution in [3.05, 3.63) is 16.6 Å². The first kappa shape index (κ1) is 7.58. The Morgan fingerprint density at radius 3 is 3.20 bits per heavy atom. The molecule has 0 saturated carbocycles. The van der Waals surface area contributed by atoms with Crippen LogP contribution in [0, 0.1) is 10.7 Å². The molecule has 0 aliphatic rings. The molecule has 0 N–H and O–H groups in total. The third kappa shape index (κ3) is 1.72. The molecule has 0 saturated heterocycles. The smallest absolute Gasteiger partial charge is 0.134 e. The number of hydrogen-bond donors (Lipinski definition) is 0. The summed E-state index contributed by atoms with van der Waals surface area (Å²) in [7, 11) is 0. The number of nitrogens with zero attached hydrogens (tertiary/aromatic N) is 2. The minimum Gasteiger partial charge on any atom is -0.253 e. The lowest BCUT2D eigenvalue weighted by Gasteiger charge is -1.98. The summed E-state index contributed by atoms with van der Waals surface area (Å²) in [5.74, 6) is 0. The zero-order chi connectivity index (χ0) is 7.40. The summed E-state index contributed by atoms with van der Waals surface area (Å²) in [6.45, 7) is 2.00. The molecule has 4 heteroatoms. The van der Waals surface area contributed by atoms with E-state index in [1.807, 2.05) is 6.92 Å². The molecular weight excluding hydrogens is 164 g/mol. The standard InChI is InChI=1S/C6H6N2S2/c1-5(9-3-7)6-2-8-4-10-6/h2,4-5H,1H3/t5-/m0/s1. The maximum Gasteiger partial charge on any atom is 0.134 e. The molecule has 10 heavy (non-hydrogen) atoms. The van der Waals surface area contributed by atoms with E-state index in [1.54, 1.807) is 23.0 Å². The molecule has 1 rings (SSSR count). The van der Waals surface area contributed by atoms with Crippen LogP contribution in [-0.4, -0.2) is 4.98 Å². The first-order chi connectivity index (χ1) is 4.84. The summed E-state index contributed by atoms with van der Waals surface area (Å²) in [6.07, 6.45) is 1.81. The quantitative estimate of drug-likeness (QED) is 0.639. The Balaban J connectivity index is 2.61. The van der Waals surface area contributed by atoms with Crippen molar-refractivity contribution < 1.29 is 0 Å². The number of thioether (sulfide) groups is 1. The van der Waals surface area contributed by atoms with Gasteiger partial charge in [0.25, 0.3) is 0 Å². The molecular formula is C6H6N2S2. The molecule has 0 fully saturated rings. The summed E-state index contributed by atoms with van der Waals surface area (Å²) in [5.41, 5.74) is 1.78. The molecule has 52 valence electrons. The van der Waals surface area contributed by atoms with E-state index in [4.69, 9.17) is 5.26 Å². The molecule has 1 atom stereocenters. The van der Waals surface area contributed by atoms with Crippen LogP contribution in [0.15, 0.2) is 11.7 Å². The van der Waals surface area contributed by atoms with Crippen LogP contribution in [0.1, 0.15) is 17.1 Å². The minimum absolute atomic E-state index is 0.262. The highest BCUT2D eigenvalue weighted by atomic mass is 32.2. The normalized spacial score (nSPS) is 12.4. The first-order valence-corrected chi connectivity index (χ1v) is 4.53. The lowest BCUT2D eigenvalue weighted by Crippen LogP contribution is -1.79. The van der Waals surface area contributed by atoms with Crippen molar-refractivity contribution in [1.82, 2.24) is 4.98 Å². The van der Waals surface area contributed by atoms with Crippen molar-refractivity contribution in [2.24, 2.45) is 0 Å². The number of nitriles is 1. The predicted octanol–water partition coefficient (Wildman–Crippen LogP) is 2.42. The van der Waals surface area contributed by atoms with Crippen LogP contribution < -0.4 is 0 Å². The molecule has 0 bridgehead atoms. The van der Waals surface area contributed by atoms with Gasteiger partial charge in [0.2, 0.25) is 0 Å². The number of thiazole rings is 1. The average molecular weight is 170 g/mol. The molecule has 1 aromatic rings. The van der Waals surface area contributed by atoms with Gasteiger partial charge in [0.15, 0.2) is 0 Å². The fraction of sp³-hybridized carbons (Fsp3) is 0.333. The molecule has 0 aliphatic heterocycles. The van der Waals surface area contributed by atoms with Crippen LogP contribution in [0.25, 0.3) is 0 Å². The van der Waals surface area contributed by atoms with E-state index in [0.717, 1.165) is 4.88 Å². The van der Waals surface area contributed by atoms with Crippen molar-refractivity contribution in [2.75, 3.05) is 0 Å². The molecule has 0 aliphatic carbocycles. The molecule has 0 spiro atoms. The molecule has 1 heterocycles. The highest BCUT2D eigenvalue weighted by Crippen LogP contribution is 2.29. The summed E-state index contributed by atoms with van der Waals surface area (Å²) in [6, 6.07) is 0. The lowest BCUT2D eigenvalue weighted by atomic mass is 10.4. The average Bonchev–Trinajstić information content (AvgIpc) is 2.38. The Bertz CT molecular complexity index is 224. The highest BCUT2D eigenvalue weighted by Gasteiger charge is 2.05. The first-order valence-electron chi connectivity index (χ1n) is 2.77. The van der Waals surface area contributed by atoms with E-state index in [9.17, 15) is 0 Å². The van der Waals surface area contributed by atoms with Gasteiger partial charge in [-0.1, -0.05) is 0 Å². The van der Waals surface area contributed by atoms with Crippen LogP contribution in [-0.2, 0) is 0 Å². The Kier molecular flexibility index (Phi) is 2.72. The number of hydrogen-bond acceptors (Lipinski definition) is 4. The number of rotatable bonds is 2. The van der Waals surface area contributed by atoms with Gasteiger partial charge in [0.1, 0.15) is 5.40 Å². The van der Waals surface area contributed by atoms with Crippen molar-refractivity contribution in [3.63, 3.8) is 0 Å². The minimum atomic E-state index is 0.262. The summed E-state index contributed by atoms with van der Waals surface area (Å²) >= 11 is 2.85. The van der Waals surface area contributed by atoms with Gasteiger partial charge in [-0.2, -0.15) is 5.26 Å². The molecule has 0 unspecified atom stereocenters. The SMILES string of the molecule is C[C@H](SC#N)c1cncs1. The van der Waals surface area contributed by atoms with E-state index in [1.165, 1.54) is 11.8 Å². The topological polar surface area (TPSA) is 36.7 Å². The van der Waals surface area contributed by atoms with Gasteiger partial charge in [-0.05, 0) is 18.7 Å². The molecule has 0 aromatic carbocycles. The maximum atomic E-state index is 8.33. The van der Waals surface area contributed by atoms with Gasteiger partial charge in [-0.25, -0.2) is 0 Å². The fourth-order valence-corrected chi connectivity index (χ4v) is 1.77. The van der Waals surface area contributed by atoms with Gasteiger partial charge in [0, 0.05) is 11.1 Å². The zero-order valence-corrected chi connectivity index (χ0v) is 7.08. The largest absolute Gasteiger partial charge is 0.253 e. The van der Waals surface area contributed by atoms with E-state index in [2.05, 4.69) is 10.4 Å². The summed E-state index contributed by atoms with van der Waals surface area (Å²) in [4.78, 5) is 5.08. The summed E-state index contributed by atoms with van der Waals surface area (Å²) < 4.78 is 0. The third-order valence-corrected chi connectivity index (χ3v) is 2.90. The van der Waals surface area contributed by atoms with Gasteiger partial charge in [0.05, 0.1) is 10.8 Å². The molecule has 0 amide bonds. The van der Waals surface area contributed by atoms with E-state index >= 15 is 0 Å².